The normalized spacial score (nSPS) is 10.7. The summed E-state index contributed by atoms with van der Waals surface area (Å²) in [5, 5.41) is 13.2. The Hall–Kier alpha value is -3.53. The number of phenolic OH excluding ortho intramolecular Hbond substituents is 1. The molecule has 4 aromatic rings. The summed E-state index contributed by atoms with van der Waals surface area (Å²) in [6.07, 6.45) is 1.43. The average molecular weight is 329 g/mol. The number of para-hydroxylation sites is 1. The smallest absolute Gasteiger partial charge is 0.200 e. The summed E-state index contributed by atoms with van der Waals surface area (Å²) in [6, 6.07) is 22.0. The number of anilines is 2. The van der Waals surface area contributed by atoms with E-state index in [1.165, 1.54) is 18.4 Å². The molecule has 4 rings (SSSR count). The SMILES string of the molecule is O=c1c(-c2ccc(Nc3ccccc3)cc2)coc2cc(O)ccc12. The molecule has 1 aromatic heterocycles. The van der Waals surface area contributed by atoms with Crippen LogP contribution in [0.2, 0.25) is 0 Å². The van der Waals surface area contributed by atoms with Gasteiger partial charge in [0.25, 0.3) is 0 Å². The average Bonchev–Trinajstić information content (AvgIpc) is 2.64. The van der Waals surface area contributed by atoms with E-state index in [2.05, 4.69) is 5.32 Å². The van der Waals surface area contributed by atoms with Gasteiger partial charge >= 0.3 is 0 Å². The van der Waals surface area contributed by atoms with E-state index in [-0.39, 0.29) is 11.2 Å². The third-order valence-corrected chi connectivity index (χ3v) is 4.02. The molecule has 0 amide bonds. The molecule has 0 aliphatic rings. The molecule has 0 fully saturated rings. The first-order valence-electron chi connectivity index (χ1n) is 7.88. The van der Waals surface area contributed by atoms with Crippen molar-refractivity contribution in [1.82, 2.24) is 0 Å². The quantitative estimate of drug-likeness (QED) is 0.560. The van der Waals surface area contributed by atoms with Gasteiger partial charge < -0.3 is 14.8 Å². The second kappa shape index (κ2) is 6.17. The van der Waals surface area contributed by atoms with Crippen LogP contribution < -0.4 is 10.7 Å². The van der Waals surface area contributed by atoms with Crippen LogP contribution in [0.5, 0.6) is 5.75 Å². The van der Waals surface area contributed by atoms with Gasteiger partial charge in [-0.05, 0) is 42.0 Å². The summed E-state index contributed by atoms with van der Waals surface area (Å²) in [7, 11) is 0. The first-order valence-corrected chi connectivity index (χ1v) is 7.88. The van der Waals surface area contributed by atoms with E-state index >= 15 is 0 Å². The van der Waals surface area contributed by atoms with Gasteiger partial charge in [-0.3, -0.25) is 4.79 Å². The predicted molar refractivity (Wildman–Crippen MR) is 99.3 cm³/mol. The summed E-state index contributed by atoms with van der Waals surface area (Å²) >= 11 is 0. The number of nitrogens with one attached hydrogen (secondary N) is 1. The van der Waals surface area contributed by atoms with E-state index in [1.807, 2.05) is 54.6 Å². The van der Waals surface area contributed by atoms with Crippen molar-refractivity contribution in [3.63, 3.8) is 0 Å². The van der Waals surface area contributed by atoms with Crippen molar-refractivity contribution in [3.8, 4) is 16.9 Å². The molecule has 25 heavy (non-hydrogen) atoms. The fourth-order valence-corrected chi connectivity index (χ4v) is 2.74. The Morgan fingerprint density at radius 2 is 1.56 bits per heavy atom. The van der Waals surface area contributed by atoms with Gasteiger partial charge in [-0.2, -0.15) is 0 Å². The first kappa shape index (κ1) is 15.0. The van der Waals surface area contributed by atoms with Gasteiger partial charge in [0.15, 0.2) is 5.43 Å². The van der Waals surface area contributed by atoms with E-state index in [0.29, 0.717) is 16.5 Å². The number of rotatable bonds is 3. The summed E-state index contributed by atoms with van der Waals surface area (Å²) in [5.74, 6) is 0.0692. The Morgan fingerprint density at radius 1 is 0.840 bits per heavy atom. The highest BCUT2D eigenvalue weighted by Crippen LogP contribution is 2.24. The van der Waals surface area contributed by atoms with Crippen LogP contribution in [0.25, 0.3) is 22.1 Å². The monoisotopic (exact) mass is 329 g/mol. The minimum absolute atomic E-state index is 0.0692. The molecule has 0 aliphatic heterocycles. The Morgan fingerprint density at radius 3 is 2.32 bits per heavy atom. The lowest BCUT2D eigenvalue weighted by Gasteiger charge is -2.08. The molecular formula is C21H15NO3. The highest BCUT2D eigenvalue weighted by atomic mass is 16.3. The minimum atomic E-state index is -0.120. The number of fused-ring (bicyclic) bond motifs is 1. The fourth-order valence-electron chi connectivity index (χ4n) is 2.74. The molecular weight excluding hydrogens is 314 g/mol. The van der Waals surface area contributed by atoms with Crippen molar-refractivity contribution in [2.24, 2.45) is 0 Å². The number of aromatic hydroxyl groups is 1. The van der Waals surface area contributed by atoms with Gasteiger partial charge in [-0.1, -0.05) is 30.3 Å². The van der Waals surface area contributed by atoms with Crippen LogP contribution in [-0.2, 0) is 0 Å². The summed E-state index contributed by atoms with van der Waals surface area (Å²) in [6.45, 7) is 0. The van der Waals surface area contributed by atoms with Crippen molar-refractivity contribution in [1.29, 1.82) is 0 Å². The van der Waals surface area contributed by atoms with Crippen LogP contribution in [0.1, 0.15) is 0 Å². The molecule has 0 atom stereocenters. The number of benzene rings is 3. The highest BCUT2D eigenvalue weighted by molar-refractivity contribution is 5.82. The maximum Gasteiger partial charge on any atom is 0.200 e. The van der Waals surface area contributed by atoms with Crippen molar-refractivity contribution < 1.29 is 9.52 Å². The molecule has 0 radical (unpaired) electrons. The topological polar surface area (TPSA) is 62.5 Å². The van der Waals surface area contributed by atoms with E-state index < -0.39 is 0 Å². The third-order valence-electron chi connectivity index (χ3n) is 4.02. The second-order valence-corrected chi connectivity index (χ2v) is 5.73. The van der Waals surface area contributed by atoms with Crippen LogP contribution >= 0.6 is 0 Å². The van der Waals surface area contributed by atoms with Crippen molar-refractivity contribution in [2.45, 2.75) is 0 Å². The standard InChI is InChI=1S/C21H15NO3/c23-17-10-11-18-20(12-17)25-13-19(21(18)24)14-6-8-16(9-7-14)22-15-4-2-1-3-5-15/h1-13,22-23H. The van der Waals surface area contributed by atoms with E-state index in [0.717, 1.165) is 16.9 Å². The van der Waals surface area contributed by atoms with Gasteiger partial charge in [0.05, 0.1) is 10.9 Å². The Labute approximate surface area is 144 Å². The lowest BCUT2D eigenvalue weighted by Crippen LogP contribution is -2.04. The molecule has 0 unspecified atom stereocenters. The molecule has 0 aliphatic carbocycles. The van der Waals surface area contributed by atoms with Gasteiger partial charge in [0.2, 0.25) is 0 Å². The minimum Gasteiger partial charge on any atom is -0.508 e. The van der Waals surface area contributed by atoms with Crippen molar-refractivity contribution >= 4 is 22.3 Å². The summed E-state index contributed by atoms with van der Waals surface area (Å²) in [5.41, 5.74) is 3.46. The molecule has 0 saturated carbocycles. The maximum atomic E-state index is 12.7. The molecule has 0 spiro atoms. The third kappa shape index (κ3) is 2.97. The van der Waals surface area contributed by atoms with E-state index in [9.17, 15) is 9.90 Å². The number of hydrogen-bond acceptors (Lipinski definition) is 4. The summed E-state index contributed by atoms with van der Waals surface area (Å²) in [4.78, 5) is 12.7. The first-order chi connectivity index (χ1) is 12.2. The van der Waals surface area contributed by atoms with Crippen LogP contribution in [0.3, 0.4) is 0 Å². The number of hydrogen-bond donors (Lipinski definition) is 2. The largest absolute Gasteiger partial charge is 0.508 e. The Balaban J connectivity index is 1.68. The molecule has 122 valence electrons. The molecule has 4 nitrogen and oxygen atoms in total. The zero-order valence-electron chi connectivity index (χ0n) is 13.3. The second-order valence-electron chi connectivity index (χ2n) is 5.73. The zero-order valence-corrected chi connectivity index (χ0v) is 13.3. The van der Waals surface area contributed by atoms with Crippen LogP contribution in [0.4, 0.5) is 11.4 Å². The van der Waals surface area contributed by atoms with Gasteiger partial charge in [0, 0.05) is 17.4 Å². The van der Waals surface area contributed by atoms with Crippen LogP contribution in [-0.4, -0.2) is 5.11 Å². The zero-order chi connectivity index (χ0) is 17.2. The summed E-state index contributed by atoms with van der Waals surface area (Å²) < 4.78 is 5.51. The van der Waals surface area contributed by atoms with Crippen LogP contribution in [0.15, 0.2) is 88.3 Å². The number of phenols is 1. The van der Waals surface area contributed by atoms with Gasteiger partial charge in [-0.15, -0.1) is 0 Å². The van der Waals surface area contributed by atoms with Crippen molar-refractivity contribution in [3.05, 3.63) is 89.3 Å². The molecule has 2 N–H and O–H groups in total. The Kier molecular flexibility index (Phi) is 3.71. The van der Waals surface area contributed by atoms with Gasteiger partial charge in [0.1, 0.15) is 17.6 Å². The Bertz CT molecular complexity index is 1080. The molecule has 0 bridgehead atoms. The van der Waals surface area contributed by atoms with Crippen molar-refractivity contribution in [2.75, 3.05) is 5.32 Å². The van der Waals surface area contributed by atoms with E-state index in [4.69, 9.17) is 4.42 Å². The van der Waals surface area contributed by atoms with E-state index in [1.54, 1.807) is 6.07 Å². The lowest BCUT2D eigenvalue weighted by atomic mass is 10.1. The molecule has 4 heteroatoms. The van der Waals surface area contributed by atoms with Crippen LogP contribution in [0, 0.1) is 0 Å². The predicted octanol–water partition coefficient (Wildman–Crippen LogP) is 4.91. The maximum absolute atomic E-state index is 12.7. The fraction of sp³-hybridized carbons (Fsp3) is 0. The molecule has 0 saturated heterocycles. The molecule has 1 heterocycles. The van der Waals surface area contributed by atoms with Gasteiger partial charge in [-0.25, -0.2) is 0 Å². The molecule has 3 aromatic carbocycles. The lowest BCUT2D eigenvalue weighted by molar-refractivity contribution is 0.474. The highest BCUT2D eigenvalue weighted by Gasteiger charge is 2.09.